The second kappa shape index (κ2) is 5.35. The van der Waals surface area contributed by atoms with E-state index >= 15 is 0 Å². The summed E-state index contributed by atoms with van der Waals surface area (Å²) in [6, 6.07) is 15.0. The minimum atomic E-state index is -3.65. The van der Waals surface area contributed by atoms with Crippen LogP contribution in [0.25, 0.3) is 10.9 Å². The fraction of sp³-hybridized carbons (Fsp3) is 0. The number of rotatable bonds is 3. The Morgan fingerprint density at radius 2 is 1.71 bits per heavy atom. The molecule has 0 saturated heterocycles. The summed E-state index contributed by atoms with van der Waals surface area (Å²) in [6.07, 6.45) is 1.55. The SMILES string of the molecule is O=S(=O)(Nc1cccc2c(Cl)ccnc12)c1ccccc1. The van der Waals surface area contributed by atoms with Gasteiger partial charge in [-0.3, -0.25) is 9.71 Å². The van der Waals surface area contributed by atoms with Gasteiger partial charge in [-0.15, -0.1) is 0 Å². The second-order valence-electron chi connectivity index (χ2n) is 4.41. The van der Waals surface area contributed by atoms with E-state index in [-0.39, 0.29) is 4.90 Å². The highest BCUT2D eigenvalue weighted by Crippen LogP contribution is 2.28. The summed E-state index contributed by atoms with van der Waals surface area (Å²) in [5.41, 5.74) is 0.920. The van der Waals surface area contributed by atoms with Gasteiger partial charge in [0.05, 0.1) is 21.1 Å². The lowest BCUT2D eigenvalue weighted by Gasteiger charge is -2.10. The van der Waals surface area contributed by atoms with Crippen molar-refractivity contribution in [3.05, 3.63) is 65.8 Å². The number of anilines is 1. The molecule has 3 rings (SSSR count). The number of para-hydroxylation sites is 1. The highest BCUT2D eigenvalue weighted by atomic mass is 35.5. The minimum Gasteiger partial charge on any atom is -0.277 e. The van der Waals surface area contributed by atoms with E-state index in [2.05, 4.69) is 9.71 Å². The van der Waals surface area contributed by atoms with Crippen molar-refractivity contribution in [2.45, 2.75) is 4.90 Å². The van der Waals surface area contributed by atoms with Crippen molar-refractivity contribution in [1.82, 2.24) is 4.98 Å². The van der Waals surface area contributed by atoms with Crippen LogP contribution >= 0.6 is 11.6 Å². The molecule has 1 heterocycles. The predicted molar refractivity (Wildman–Crippen MR) is 84.0 cm³/mol. The third-order valence-corrected chi connectivity index (χ3v) is 4.73. The molecule has 4 nitrogen and oxygen atoms in total. The molecule has 0 bridgehead atoms. The standard InChI is InChI=1S/C15H11ClN2O2S/c16-13-9-10-17-15-12(13)7-4-8-14(15)18-21(19,20)11-5-2-1-3-6-11/h1-10,18H. The number of sulfonamides is 1. The van der Waals surface area contributed by atoms with Crippen molar-refractivity contribution in [2.75, 3.05) is 4.72 Å². The van der Waals surface area contributed by atoms with Gasteiger partial charge in [0.15, 0.2) is 0 Å². The molecule has 0 amide bonds. The summed E-state index contributed by atoms with van der Waals surface area (Å²) in [5, 5.41) is 1.23. The number of halogens is 1. The van der Waals surface area contributed by atoms with Crippen LogP contribution in [0.15, 0.2) is 65.7 Å². The highest BCUT2D eigenvalue weighted by molar-refractivity contribution is 7.92. The molecule has 0 aliphatic heterocycles. The highest BCUT2D eigenvalue weighted by Gasteiger charge is 2.15. The zero-order valence-electron chi connectivity index (χ0n) is 10.8. The van der Waals surface area contributed by atoms with E-state index in [4.69, 9.17) is 11.6 Å². The maximum absolute atomic E-state index is 12.4. The minimum absolute atomic E-state index is 0.198. The van der Waals surface area contributed by atoms with Gasteiger partial charge in [0, 0.05) is 11.6 Å². The molecular formula is C15H11ClN2O2S. The number of aromatic nitrogens is 1. The van der Waals surface area contributed by atoms with Crippen LogP contribution < -0.4 is 4.72 Å². The fourth-order valence-electron chi connectivity index (χ4n) is 2.03. The maximum atomic E-state index is 12.4. The van der Waals surface area contributed by atoms with Crippen molar-refractivity contribution in [1.29, 1.82) is 0 Å². The van der Waals surface area contributed by atoms with Crippen LogP contribution in [0.1, 0.15) is 0 Å². The van der Waals surface area contributed by atoms with Crippen LogP contribution in [0.4, 0.5) is 5.69 Å². The third kappa shape index (κ3) is 2.70. The van der Waals surface area contributed by atoms with Crippen molar-refractivity contribution in [2.24, 2.45) is 0 Å². The maximum Gasteiger partial charge on any atom is 0.261 e. The molecule has 1 N–H and O–H groups in total. The summed E-state index contributed by atoms with van der Waals surface area (Å²) >= 11 is 6.10. The van der Waals surface area contributed by atoms with Gasteiger partial charge in [-0.05, 0) is 24.3 Å². The van der Waals surface area contributed by atoms with Gasteiger partial charge >= 0.3 is 0 Å². The molecule has 0 saturated carbocycles. The van der Waals surface area contributed by atoms with Crippen LogP contribution in [0.2, 0.25) is 5.02 Å². The number of fused-ring (bicyclic) bond motifs is 1. The van der Waals surface area contributed by atoms with E-state index in [1.54, 1.807) is 48.7 Å². The quantitative estimate of drug-likeness (QED) is 0.801. The van der Waals surface area contributed by atoms with Crippen LogP contribution in [-0.2, 0) is 10.0 Å². The average Bonchev–Trinajstić information content (AvgIpc) is 2.49. The van der Waals surface area contributed by atoms with Crippen LogP contribution in [0.3, 0.4) is 0 Å². The fourth-order valence-corrected chi connectivity index (χ4v) is 3.32. The molecule has 6 heteroatoms. The number of hydrogen-bond acceptors (Lipinski definition) is 3. The molecule has 1 aromatic heterocycles. The van der Waals surface area contributed by atoms with Crippen LogP contribution in [0, 0.1) is 0 Å². The Bertz CT molecular complexity index is 896. The van der Waals surface area contributed by atoms with Crippen molar-refractivity contribution in [3.63, 3.8) is 0 Å². The smallest absolute Gasteiger partial charge is 0.261 e. The Kier molecular flexibility index (Phi) is 3.53. The first-order valence-electron chi connectivity index (χ1n) is 6.19. The molecule has 0 aliphatic rings. The Hall–Kier alpha value is -2.11. The van der Waals surface area contributed by atoms with Crippen LogP contribution in [-0.4, -0.2) is 13.4 Å². The predicted octanol–water partition coefficient (Wildman–Crippen LogP) is 3.69. The Morgan fingerprint density at radius 3 is 2.48 bits per heavy atom. The van der Waals surface area contributed by atoms with E-state index in [0.717, 1.165) is 0 Å². The topological polar surface area (TPSA) is 59.1 Å². The Labute approximate surface area is 127 Å². The first-order valence-corrected chi connectivity index (χ1v) is 8.05. The zero-order chi connectivity index (χ0) is 14.9. The summed E-state index contributed by atoms with van der Waals surface area (Å²) in [5.74, 6) is 0. The molecule has 3 aromatic rings. The normalized spacial score (nSPS) is 11.5. The van der Waals surface area contributed by atoms with Gasteiger partial charge in [-0.1, -0.05) is 41.9 Å². The first-order chi connectivity index (χ1) is 10.1. The van der Waals surface area contributed by atoms with Gasteiger partial charge in [0.25, 0.3) is 10.0 Å². The third-order valence-electron chi connectivity index (χ3n) is 3.02. The van der Waals surface area contributed by atoms with E-state index in [1.165, 1.54) is 12.1 Å². The van der Waals surface area contributed by atoms with Gasteiger partial charge in [-0.2, -0.15) is 0 Å². The summed E-state index contributed by atoms with van der Waals surface area (Å²) in [7, 11) is -3.65. The largest absolute Gasteiger partial charge is 0.277 e. The molecule has 0 radical (unpaired) electrons. The van der Waals surface area contributed by atoms with Crippen molar-refractivity contribution >= 4 is 38.2 Å². The van der Waals surface area contributed by atoms with E-state index < -0.39 is 10.0 Å². The van der Waals surface area contributed by atoms with E-state index in [9.17, 15) is 8.42 Å². The number of pyridine rings is 1. The molecule has 0 aliphatic carbocycles. The van der Waals surface area contributed by atoms with Crippen LogP contribution in [0.5, 0.6) is 0 Å². The summed E-state index contributed by atoms with van der Waals surface area (Å²) in [4.78, 5) is 4.41. The number of hydrogen-bond donors (Lipinski definition) is 1. The molecule has 0 atom stereocenters. The van der Waals surface area contributed by atoms with Gasteiger partial charge < -0.3 is 0 Å². The lowest BCUT2D eigenvalue weighted by molar-refractivity contribution is 0.601. The summed E-state index contributed by atoms with van der Waals surface area (Å²) in [6.45, 7) is 0. The molecule has 106 valence electrons. The van der Waals surface area contributed by atoms with Gasteiger partial charge in [0.1, 0.15) is 0 Å². The molecule has 0 spiro atoms. The van der Waals surface area contributed by atoms with Crippen molar-refractivity contribution < 1.29 is 8.42 Å². The molecule has 0 fully saturated rings. The monoisotopic (exact) mass is 318 g/mol. The number of nitrogens with one attached hydrogen (secondary N) is 1. The lowest BCUT2D eigenvalue weighted by atomic mass is 10.2. The number of nitrogens with zero attached hydrogens (tertiary/aromatic N) is 1. The molecule has 0 unspecified atom stereocenters. The Balaban J connectivity index is 2.09. The van der Waals surface area contributed by atoms with Gasteiger partial charge in [0.2, 0.25) is 0 Å². The Morgan fingerprint density at radius 1 is 0.952 bits per heavy atom. The summed E-state index contributed by atoms with van der Waals surface area (Å²) < 4.78 is 27.3. The molecule has 2 aromatic carbocycles. The number of benzene rings is 2. The molecule has 21 heavy (non-hydrogen) atoms. The second-order valence-corrected chi connectivity index (χ2v) is 6.50. The first kappa shape index (κ1) is 13.9. The van der Waals surface area contributed by atoms with E-state index in [0.29, 0.717) is 21.6 Å². The average molecular weight is 319 g/mol. The molecular weight excluding hydrogens is 308 g/mol. The van der Waals surface area contributed by atoms with Gasteiger partial charge in [-0.25, -0.2) is 8.42 Å². The zero-order valence-corrected chi connectivity index (χ0v) is 12.4. The van der Waals surface area contributed by atoms with Crippen molar-refractivity contribution in [3.8, 4) is 0 Å². The lowest BCUT2D eigenvalue weighted by Crippen LogP contribution is -2.13. The van der Waals surface area contributed by atoms with E-state index in [1.807, 2.05) is 0 Å².